The first-order chi connectivity index (χ1) is 12.0. The number of nitrogens with one attached hydrogen (secondary N) is 2. The first-order valence-electron chi connectivity index (χ1n) is 7.22. The second-order valence-corrected chi connectivity index (χ2v) is 6.44. The third kappa shape index (κ3) is 3.50. The molecule has 0 aliphatic heterocycles. The highest BCUT2D eigenvalue weighted by Crippen LogP contribution is 2.06. The molecule has 3 aromatic rings. The maximum absolute atomic E-state index is 12.3. The molecule has 0 spiro atoms. The summed E-state index contributed by atoms with van der Waals surface area (Å²) in [5.74, 6) is -0.404. The fraction of sp³-hybridized carbons (Fsp3) is 0.143. The number of benzene rings is 1. The van der Waals surface area contributed by atoms with Gasteiger partial charge in [-0.05, 0) is 19.1 Å². The summed E-state index contributed by atoms with van der Waals surface area (Å²) in [5, 5.41) is 7.78. The molecule has 1 aromatic carbocycles. The Bertz CT molecular complexity index is 1070. The molecule has 2 heterocycles. The number of ether oxygens (including phenoxy) is 1. The maximum Gasteiger partial charge on any atom is 0.354 e. The Morgan fingerprint density at radius 2 is 2.12 bits per heavy atom. The van der Waals surface area contributed by atoms with Crippen LogP contribution in [0.15, 0.2) is 52.7 Å². The summed E-state index contributed by atoms with van der Waals surface area (Å²) in [7, 11) is -3.86. The summed E-state index contributed by atoms with van der Waals surface area (Å²) in [6.07, 6.45) is 1.24. The van der Waals surface area contributed by atoms with E-state index in [-0.39, 0.29) is 28.5 Å². The molecule has 0 saturated carbocycles. The Kier molecular flexibility index (Phi) is 4.48. The normalized spacial score (nSPS) is 12.3. The summed E-state index contributed by atoms with van der Waals surface area (Å²) < 4.78 is 30.7. The lowest BCUT2D eigenvalue weighted by molar-refractivity contribution is 0.0519. The third-order valence-electron chi connectivity index (χ3n) is 3.11. The van der Waals surface area contributed by atoms with E-state index < -0.39 is 16.0 Å². The number of carbonyl (C=O) groups excluding carboxylic acids is 1. The van der Waals surface area contributed by atoms with E-state index in [0.29, 0.717) is 0 Å². The number of hydrogen-bond donors (Lipinski definition) is 2. The Balaban J connectivity index is 2.04. The zero-order valence-electron chi connectivity index (χ0n) is 13.1. The van der Waals surface area contributed by atoms with Crippen molar-refractivity contribution >= 4 is 21.8 Å². The number of esters is 1. The summed E-state index contributed by atoms with van der Waals surface area (Å²) in [6, 6.07) is 9.08. The monoisotopic (exact) mass is 362 g/mol. The van der Waals surface area contributed by atoms with Gasteiger partial charge in [0.05, 0.1) is 11.5 Å². The van der Waals surface area contributed by atoms with Crippen LogP contribution in [0.5, 0.6) is 0 Å². The summed E-state index contributed by atoms with van der Waals surface area (Å²) in [4.78, 5) is 20.7. The number of sulfonamides is 1. The zero-order chi connectivity index (χ0) is 17.9. The van der Waals surface area contributed by atoms with Gasteiger partial charge in [0.1, 0.15) is 12.0 Å². The highest BCUT2D eigenvalue weighted by Gasteiger charge is 2.14. The quantitative estimate of drug-likeness (QED) is 0.486. The van der Waals surface area contributed by atoms with E-state index in [1.807, 2.05) is 0 Å². The largest absolute Gasteiger partial charge is 0.461 e. The van der Waals surface area contributed by atoms with Crippen molar-refractivity contribution in [2.45, 2.75) is 11.8 Å². The van der Waals surface area contributed by atoms with Crippen LogP contribution in [0.25, 0.3) is 5.78 Å². The van der Waals surface area contributed by atoms with Crippen molar-refractivity contribution in [3.05, 3.63) is 53.9 Å². The van der Waals surface area contributed by atoms with Crippen LogP contribution >= 0.6 is 0 Å². The van der Waals surface area contributed by atoms with Crippen LogP contribution in [-0.2, 0) is 14.8 Å². The average molecular weight is 362 g/mol. The van der Waals surface area contributed by atoms with Gasteiger partial charge in [-0.1, -0.05) is 18.2 Å². The van der Waals surface area contributed by atoms with E-state index in [4.69, 9.17) is 4.74 Å². The Morgan fingerprint density at radius 3 is 2.84 bits per heavy atom. The molecule has 10 nitrogen and oxygen atoms in total. The lowest BCUT2D eigenvalue weighted by atomic mass is 10.4. The Labute approximate surface area is 142 Å². The van der Waals surface area contributed by atoms with Crippen molar-refractivity contribution in [2.24, 2.45) is 5.10 Å². The van der Waals surface area contributed by atoms with Gasteiger partial charge in [0.25, 0.3) is 10.0 Å². The molecule has 130 valence electrons. The molecule has 0 aliphatic carbocycles. The van der Waals surface area contributed by atoms with Gasteiger partial charge in [-0.2, -0.15) is 27.8 Å². The molecule has 0 saturated heterocycles. The van der Waals surface area contributed by atoms with Crippen molar-refractivity contribution in [3.8, 4) is 0 Å². The van der Waals surface area contributed by atoms with Crippen LogP contribution in [0.4, 0.5) is 0 Å². The van der Waals surface area contributed by atoms with E-state index in [2.05, 4.69) is 25.0 Å². The Hall–Kier alpha value is -3.21. The standard InChI is InChI=1S/C14H14N6O4S/c1-2-24-13(21)11-8-12(20-14(17-11)15-9-16-20)18-19-25(22,23)10-6-4-3-5-7-10/h3-9,19H,2H2,1H3,(H,15,16,17)/b18-12+. The lowest BCUT2D eigenvalue weighted by Crippen LogP contribution is -2.27. The van der Waals surface area contributed by atoms with Gasteiger partial charge in [-0.15, -0.1) is 5.10 Å². The molecule has 2 aromatic heterocycles. The van der Waals surface area contributed by atoms with Crippen molar-refractivity contribution in [1.29, 1.82) is 0 Å². The molecule has 25 heavy (non-hydrogen) atoms. The van der Waals surface area contributed by atoms with Crippen molar-refractivity contribution in [1.82, 2.24) is 24.4 Å². The van der Waals surface area contributed by atoms with Gasteiger partial charge < -0.3 is 9.72 Å². The highest BCUT2D eigenvalue weighted by atomic mass is 32.2. The van der Waals surface area contributed by atoms with Crippen molar-refractivity contribution in [2.75, 3.05) is 6.61 Å². The van der Waals surface area contributed by atoms with Gasteiger partial charge in [-0.25, -0.2) is 4.79 Å². The molecule has 0 radical (unpaired) electrons. The number of hydrogen-bond acceptors (Lipinski definition) is 7. The van der Waals surface area contributed by atoms with Crippen LogP contribution in [0.1, 0.15) is 17.4 Å². The summed E-state index contributed by atoms with van der Waals surface area (Å²) in [6.45, 7) is 1.87. The minimum atomic E-state index is -3.86. The van der Waals surface area contributed by atoms with E-state index >= 15 is 0 Å². The average Bonchev–Trinajstić information content (AvgIpc) is 3.09. The second-order valence-electron chi connectivity index (χ2n) is 4.78. The topological polar surface area (TPSA) is 131 Å². The molecule has 3 rings (SSSR count). The maximum atomic E-state index is 12.3. The highest BCUT2D eigenvalue weighted by molar-refractivity contribution is 7.89. The molecular formula is C14H14N6O4S. The summed E-state index contributed by atoms with van der Waals surface area (Å²) in [5.41, 5.74) is 0.133. The Morgan fingerprint density at radius 1 is 1.36 bits per heavy atom. The first kappa shape index (κ1) is 16.6. The van der Waals surface area contributed by atoms with Crippen LogP contribution in [0.3, 0.4) is 0 Å². The molecule has 0 fully saturated rings. The smallest absolute Gasteiger partial charge is 0.354 e. The molecule has 11 heteroatoms. The minimum Gasteiger partial charge on any atom is -0.461 e. The molecule has 2 N–H and O–H groups in total. The first-order valence-corrected chi connectivity index (χ1v) is 8.70. The van der Waals surface area contributed by atoms with Crippen molar-refractivity contribution in [3.63, 3.8) is 0 Å². The fourth-order valence-electron chi connectivity index (χ4n) is 2.00. The number of fused-ring (bicyclic) bond motifs is 1. The van der Waals surface area contributed by atoms with Crippen LogP contribution in [0.2, 0.25) is 0 Å². The molecular weight excluding hydrogens is 348 g/mol. The van der Waals surface area contributed by atoms with Gasteiger partial charge in [0.2, 0.25) is 5.78 Å². The predicted octanol–water partition coefficient (Wildman–Crippen LogP) is 0.0283. The summed E-state index contributed by atoms with van der Waals surface area (Å²) >= 11 is 0. The molecule has 0 amide bonds. The van der Waals surface area contributed by atoms with E-state index in [9.17, 15) is 13.2 Å². The minimum absolute atomic E-state index is 0.0571. The molecule has 0 aliphatic rings. The molecule has 0 atom stereocenters. The SMILES string of the molecule is CCOC(=O)c1c/c(=N\NS(=O)(=O)c2ccccc2)n2ncnc2[nH]1. The number of aromatic amines is 1. The van der Waals surface area contributed by atoms with E-state index in [1.165, 1.54) is 29.0 Å². The zero-order valence-corrected chi connectivity index (χ0v) is 13.9. The van der Waals surface area contributed by atoms with E-state index in [1.54, 1.807) is 25.1 Å². The van der Waals surface area contributed by atoms with Crippen molar-refractivity contribution < 1.29 is 17.9 Å². The van der Waals surface area contributed by atoms with Crippen LogP contribution in [0, 0.1) is 0 Å². The predicted molar refractivity (Wildman–Crippen MR) is 85.6 cm³/mol. The van der Waals surface area contributed by atoms with Gasteiger partial charge in [0, 0.05) is 6.07 Å². The fourth-order valence-corrected chi connectivity index (χ4v) is 2.83. The lowest BCUT2D eigenvalue weighted by Gasteiger charge is -2.04. The van der Waals surface area contributed by atoms with Crippen LogP contribution in [-0.4, -0.2) is 40.6 Å². The number of nitrogens with zero attached hydrogens (tertiary/aromatic N) is 4. The third-order valence-corrected chi connectivity index (χ3v) is 4.34. The number of rotatable bonds is 5. The van der Waals surface area contributed by atoms with Gasteiger partial charge in [0.15, 0.2) is 5.49 Å². The number of H-pyrrole nitrogens is 1. The van der Waals surface area contributed by atoms with E-state index in [0.717, 1.165) is 0 Å². The number of aromatic nitrogens is 4. The van der Waals surface area contributed by atoms with Gasteiger partial charge >= 0.3 is 5.97 Å². The van der Waals surface area contributed by atoms with Gasteiger partial charge in [-0.3, -0.25) is 0 Å². The second kappa shape index (κ2) is 6.73. The number of carbonyl (C=O) groups is 1. The molecule has 0 unspecified atom stereocenters. The van der Waals surface area contributed by atoms with Crippen LogP contribution < -0.4 is 10.3 Å². The molecule has 0 bridgehead atoms.